The van der Waals surface area contributed by atoms with Gasteiger partial charge >= 0.3 is 5.97 Å². The van der Waals surface area contributed by atoms with Crippen LogP contribution < -0.4 is 0 Å². The summed E-state index contributed by atoms with van der Waals surface area (Å²) < 4.78 is 24.3. The lowest BCUT2D eigenvalue weighted by atomic mass is 9.58. The summed E-state index contributed by atoms with van der Waals surface area (Å²) in [7, 11) is 0. The summed E-state index contributed by atoms with van der Waals surface area (Å²) in [5.74, 6) is -1.48. The predicted molar refractivity (Wildman–Crippen MR) is 137 cm³/mol. The van der Waals surface area contributed by atoms with Crippen LogP contribution in [0.3, 0.4) is 0 Å². The number of carbonyl (C=O) groups excluding carboxylic acids is 1. The maximum atomic E-state index is 11.9. The molecule has 0 amide bonds. The van der Waals surface area contributed by atoms with Gasteiger partial charge in [-0.15, -0.1) is 0 Å². The molecule has 1 aliphatic carbocycles. The molecule has 0 aromatic carbocycles. The van der Waals surface area contributed by atoms with Gasteiger partial charge in [-0.2, -0.15) is 0 Å². The third kappa shape index (κ3) is 4.13. The number of carbonyl (C=O) groups is 1. The summed E-state index contributed by atoms with van der Waals surface area (Å²) in [6.45, 7) is 16.0. The molecular formula is C30H44O6. The van der Waals surface area contributed by atoms with Crippen molar-refractivity contribution in [3.8, 4) is 0 Å². The molecule has 5 atom stereocenters. The average Bonchev–Trinajstić information content (AvgIpc) is 3.20. The first-order chi connectivity index (χ1) is 16.8. The largest absolute Gasteiger partial charge is 0.462 e. The van der Waals surface area contributed by atoms with E-state index in [4.69, 9.17) is 18.9 Å². The molecule has 5 heterocycles. The Morgan fingerprint density at radius 2 is 1.78 bits per heavy atom. The van der Waals surface area contributed by atoms with Crippen LogP contribution in [0.25, 0.3) is 0 Å². The normalized spacial score (nSPS) is 43.9. The summed E-state index contributed by atoms with van der Waals surface area (Å²) in [4.78, 5) is 11.9. The number of rotatable bonds is 4. The lowest BCUT2D eigenvalue weighted by molar-refractivity contribution is -0.518. The van der Waals surface area contributed by atoms with Gasteiger partial charge in [-0.1, -0.05) is 38.2 Å². The van der Waals surface area contributed by atoms with Crippen molar-refractivity contribution in [2.24, 2.45) is 17.3 Å². The Labute approximate surface area is 216 Å². The van der Waals surface area contributed by atoms with Crippen molar-refractivity contribution in [2.75, 3.05) is 13.2 Å². The lowest BCUT2D eigenvalue weighted by Crippen LogP contribution is -2.78. The predicted octanol–water partition coefficient (Wildman–Crippen LogP) is 5.75. The molecule has 6 fully saturated rings. The molecule has 0 unspecified atom stereocenters. The number of allylic oxidation sites excluding steroid dienone is 3. The molecule has 6 rings (SSSR count). The van der Waals surface area contributed by atoms with Gasteiger partial charge in [-0.25, -0.2) is 4.79 Å². The maximum absolute atomic E-state index is 11.9. The van der Waals surface area contributed by atoms with E-state index in [0.717, 1.165) is 50.5 Å². The zero-order valence-electron chi connectivity index (χ0n) is 22.8. The summed E-state index contributed by atoms with van der Waals surface area (Å²) in [5.41, 5.74) is 2.18. The second kappa shape index (κ2) is 8.79. The van der Waals surface area contributed by atoms with Crippen LogP contribution >= 0.6 is 0 Å². The minimum Gasteiger partial charge on any atom is -0.462 e. The van der Waals surface area contributed by atoms with Gasteiger partial charge in [0.15, 0.2) is 5.79 Å². The van der Waals surface area contributed by atoms with Gasteiger partial charge < -0.3 is 24.1 Å². The van der Waals surface area contributed by atoms with Crippen molar-refractivity contribution in [2.45, 2.75) is 115 Å². The Morgan fingerprint density at radius 1 is 1.00 bits per heavy atom. The first-order valence-corrected chi connectivity index (χ1v) is 13.8. The number of hydrogen-bond acceptors (Lipinski definition) is 6. The fourth-order valence-electron chi connectivity index (χ4n) is 7.37. The molecule has 200 valence electrons. The van der Waals surface area contributed by atoms with Crippen LogP contribution in [0.4, 0.5) is 0 Å². The van der Waals surface area contributed by atoms with E-state index in [1.54, 1.807) is 0 Å². The quantitative estimate of drug-likeness (QED) is 0.301. The van der Waals surface area contributed by atoms with Crippen molar-refractivity contribution >= 4 is 5.97 Å². The number of ether oxygens (including phenoxy) is 4. The van der Waals surface area contributed by atoms with E-state index >= 15 is 0 Å². The van der Waals surface area contributed by atoms with Gasteiger partial charge in [0.25, 0.3) is 0 Å². The average molecular weight is 501 g/mol. The zero-order chi connectivity index (χ0) is 26.0. The van der Waals surface area contributed by atoms with Crippen molar-refractivity contribution in [1.29, 1.82) is 0 Å². The highest BCUT2D eigenvalue weighted by atomic mass is 16.8. The first-order valence-electron chi connectivity index (χ1n) is 13.8. The molecule has 1 spiro atoms. The standard InChI is InChI=1S/C30H44O6/c1-20-7-10-23(26(2,3)24(20)12-9-22-14-18-33-25(22)31)11-8-21-13-15-30(34-19-21)28(6)16-17-29(32,36-30)27(4,5)35-28/h8-9,23-24,32H,1,7,10-19H2,2-6H3/t23-,24-,28-,29-,30-/m0/s1. The minimum atomic E-state index is -1.32. The second-order valence-corrected chi connectivity index (χ2v) is 13.0. The van der Waals surface area contributed by atoms with E-state index in [1.165, 1.54) is 11.1 Å². The minimum absolute atomic E-state index is 0.0878. The van der Waals surface area contributed by atoms with Crippen molar-refractivity contribution in [3.63, 3.8) is 0 Å². The van der Waals surface area contributed by atoms with Crippen molar-refractivity contribution in [3.05, 3.63) is 35.5 Å². The highest BCUT2D eigenvalue weighted by Gasteiger charge is 2.70. The molecule has 2 bridgehead atoms. The van der Waals surface area contributed by atoms with Crippen LogP contribution in [0.5, 0.6) is 0 Å². The Hall–Kier alpha value is -1.47. The summed E-state index contributed by atoms with van der Waals surface area (Å²) in [6, 6.07) is 0. The van der Waals surface area contributed by atoms with Crippen LogP contribution in [0.15, 0.2) is 35.5 Å². The van der Waals surface area contributed by atoms with Crippen LogP contribution in [-0.4, -0.2) is 47.1 Å². The highest BCUT2D eigenvalue weighted by Crippen LogP contribution is 2.59. The molecule has 6 nitrogen and oxygen atoms in total. The lowest BCUT2D eigenvalue weighted by Gasteiger charge is -2.66. The second-order valence-electron chi connectivity index (χ2n) is 13.0. The number of aliphatic hydroxyl groups is 1. The third-order valence-electron chi connectivity index (χ3n) is 10.2. The van der Waals surface area contributed by atoms with E-state index in [2.05, 4.69) is 39.5 Å². The third-order valence-corrected chi connectivity index (χ3v) is 10.2. The zero-order valence-corrected chi connectivity index (χ0v) is 22.8. The van der Waals surface area contributed by atoms with Crippen LogP contribution in [0.1, 0.15) is 92.4 Å². The summed E-state index contributed by atoms with van der Waals surface area (Å²) in [5, 5.41) is 11.2. The number of fused-ring (bicyclic) bond motifs is 2. The molecule has 1 N–H and O–H groups in total. The van der Waals surface area contributed by atoms with E-state index in [9.17, 15) is 9.90 Å². The van der Waals surface area contributed by atoms with Gasteiger partial charge in [0, 0.05) is 24.8 Å². The van der Waals surface area contributed by atoms with Crippen molar-refractivity contribution < 1.29 is 28.8 Å². The number of cyclic esters (lactones) is 1. The SMILES string of the molecule is C=C1CC[C@@H](CC=C2CC[C@]3(OC2)O[C@@]2(O)CC[C@]3(C)OC2(C)C)C(C)(C)[C@H]1CC=C1CCOC1=O. The molecule has 6 aliphatic rings. The topological polar surface area (TPSA) is 74.2 Å². The fourth-order valence-corrected chi connectivity index (χ4v) is 7.37. The van der Waals surface area contributed by atoms with Gasteiger partial charge in [-0.05, 0) is 82.1 Å². The first kappa shape index (κ1) is 26.1. The molecule has 0 aromatic heterocycles. The van der Waals surface area contributed by atoms with Gasteiger partial charge in [0.05, 0.1) is 13.2 Å². The van der Waals surface area contributed by atoms with E-state index in [-0.39, 0.29) is 11.4 Å². The molecule has 5 aliphatic heterocycles. The van der Waals surface area contributed by atoms with E-state index in [0.29, 0.717) is 37.9 Å². The molecular weight excluding hydrogens is 456 g/mol. The van der Waals surface area contributed by atoms with Gasteiger partial charge in [0.2, 0.25) is 5.79 Å². The van der Waals surface area contributed by atoms with Gasteiger partial charge in [0.1, 0.15) is 11.2 Å². The Balaban J connectivity index is 1.23. The molecule has 6 heteroatoms. The Kier molecular flexibility index (Phi) is 6.39. The Morgan fingerprint density at radius 3 is 2.42 bits per heavy atom. The van der Waals surface area contributed by atoms with Gasteiger partial charge in [-0.3, -0.25) is 0 Å². The number of hydrogen-bond donors (Lipinski definition) is 1. The molecule has 1 saturated carbocycles. The maximum Gasteiger partial charge on any atom is 0.333 e. The highest BCUT2D eigenvalue weighted by molar-refractivity contribution is 5.90. The van der Waals surface area contributed by atoms with Crippen LogP contribution in [0, 0.1) is 17.3 Å². The fraction of sp³-hybridized carbons (Fsp3) is 0.767. The molecule has 36 heavy (non-hydrogen) atoms. The van der Waals surface area contributed by atoms with Crippen LogP contribution in [-0.2, 0) is 23.7 Å². The summed E-state index contributed by atoms with van der Waals surface area (Å²) >= 11 is 0. The summed E-state index contributed by atoms with van der Waals surface area (Å²) in [6.07, 6.45) is 12.1. The smallest absolute Gasteiger partial charge is 0.333 e. The van der Waals surface area contributed by atoms with E-state index < -0.39 is 22.8 Å². The molecule has 0 radical (unpaired) electrons. The monoisotopic (exact) mass is 500 g/mol. The Bertz CT molecular complexity index is 979. The van der Waals surface area contributed by atoms with Crippen LogP contribution in [0.2, 0.25) is 0 Å². The number of esters is 1. The van der Waals surface area contributed by atoms with E-state index in [1.807, 2.05) is 13.8 Å². The molecule has 0 aromatic rings. The molecule has 5 saturated heterocycles. The van der Waals surface area contributed by atoms with Crippen molar-refractivity contribution in [1.82, 2.24) is 0 Å².